The van der Waals surface area contributed by atoms with Crippen LogP contribution in [0.2, 0.25) is 0 Å². The van der Waals surface area contributed by atoms with Crippen LogP contribution in [-0.4, -0.2) is 5.97 Å². The predicted molar refractivity (Wildman–Crippen MR) is 50.8 cm³/mol. The molecule has 0 N–H and O–H groups in total. The van der Waals surface area contributed by atoms with Crippen molar-refractivity contribution in [2.45, 2.75) is 27.7 Å². The molecule has 0 aliphatic rings. The van der Waals surface area contributed by atoms with E-state index in [0.29, 0.717) is 0 Å². The van der Waals surface area contributed by atoms with Gasteiger partial charge in [-0.15, -0.1) is 0 Å². The summed E-state index contributed by atoms with van der Waals surface area (Å²) < 4.78 is 4.96. The zero-order valence-corrected chi connectivity index (χ0v) is 14.6. The molecule has 1 aromatic rings. The van der Waals surface area contributed by atoms with Crippen LogP contribution in [-0.2, 0) is 29.2 Å². The van der Waals surface area contributed by atoms with E-state index in [1.54, 1.807) is 0 Å². The van der Waals surface area contributed by atoms with Crippen LogP contribution in [0, 0.1) is 27.7 Å². The summed E-state index contributed by atoms with van der Waals surface area (Å²) in [5.41, 5.74) is 5.16. The maximum atomic E-state index is 11.6. The average Bonchev–Trinajstić information content (AvgIpc) is 2.15. The monoisotopic (exact) mass is 379 g/mol. The van der Waals surface area contributed by atoms with E-state index in [9.17, 15) is 4.79 Å². The van der Waals surface area contributed by atoms with E-state index >= 15 is 0 Å². The van der Waals surface area contributed by atoms with Crippen LogP contribution in [0.4, 0.5) is 0 Å². The molecule has 71 valence electrons. The van der Waals surface area contributed by atoms with E-state index in [1.807, 2.05) is 27.7 Å². The molecule has 2 nitrogen and oxygen atoms in total. The van der Waals surface area contributed by atoms with Crippen molar-refractivity contribution in [3.8, 4) is 0 Å². The molecule has 0 radical (unpaired) electrons. The molecule has 0 saturated carbocycles. The van der Waals surface area contributed by atoms with Gasteiger partial charge in [-0.3, -0.25) is 0 Å². The summed E-state index contributed by atoms with van der Waals surface area (Å²) in [5.74, 6) is -0.157. The summed E-state index contributed by atoms with van der Waals surface area (Å²) in [7, 11) is 0. The van der Waals surface area contributed by atoms with Crippen molar-refractivity contribution in [1.29, 1.82) is 0 Å². The number of hydrogen-bond acceptors (Lipinski definition) is 2. The van der Waals surface area contributed by atoms with Crippen molar-refractivity contribution in [2.75, 3.05) is 0 Å². The molecule has 0 aliphatic heterocycles. The Kier molecular flexibility index (Phi) is 3.70. The van der Waals surface area contributed by atoms with Crippen LogP contribution in [0.15, 0.2) is 6.07 Å². The van der Waals surface area contributed by atoms with Crippen LogP contribution in [0.3, 0.4) is 0 Å². The van der Waals surface area contributed by atoms with Gasteiger partial charge in [-0.1, -0.05) is 0 Å². The molecule has 0 heterocycles. The Bertz CT molecular complexity index is 357. The van der Waals surface area contributed by atoms with Gasteiger partial charge in [0.25, 0.3) is 0 Å². The van der Waals surface area contributed by atoms with Crippen LogP contribution in [0.25, 0.3) is 0 Å². The first-order valence-corrected chi connectivity index (χ1v) is 6.77. The minimum atomic E-state index is -0.157. The number of carbonyl (C=O) groups is 1. The molecule has 0 bridgehead atoms. The van der Waals surface area contributed by atoms with Gasteiger partial charge in [-0.05, 0) is 0 Å². The number of aryl methyl sites for hydroxylation is 2. The van der Waals surface area contributed by atoms with Crippen LogP contribution < -0.4 is 0 Å². The molecular formula is C11H13HgO2. The third kappa shape index (κ3) is 2.00. The number of rotatable bonds is 1. The summed E-state index contributed by atoms with van der Waals surface area (Å²) >= 11 is 0.0634. The normalized spacial score (nSPS) is 10.1. The molecule has 0 amide bonds. The van der Waals surface area contributed by atoms with Gasteiger partial charge in [0, 0.05) is 0 Å². The summed E-state index contributed by atoms with van der Waals surface area (Å²) in [6, 6.07) is 2.11. The molecule has 1 rings (SSSR count). The summed E-state index contributed by atoms with van der Waals surface area (Å²) in [6.45, 7) is 8.00. The van der Waals surface area contributed by atoms with E-state index in [4.69, 9.17) is 2.64 Å². The zero-order chi connectivity index (χ0) is 10.9. The average molecular weight is 378 g/mol. The second-order valence-corrected chi connectivity index (χ2v) is 4.69. The Balaban J connectivity index is 3.47. The number of hydrogen-bond donors (Lipinski definition) is 0. The Hall–Kier alpha value is -0.375. The minimum absolute atomic E-state index is 0.0634. The fourth-order valence-electron chi connectivity index (χ4n) is 1.60. The van der Waals surface area contributed by atoms with E-state index in [0.717, 1.165) is 27.8 Å². The Morgan fingerprint density at radius 3 is 1.93 bits per heavy atom. The Morgan fingerprint density at radius 1 is 1.14 bits per heavy atom. The third-order valence-corrected chi connectivity index (χ3v) is 3.72. The van der Waals surface area contributed by atoms with Gasteiger partial charge in [0.2, 0.25) is 0 Å². The summed E-state index contributed by atoms with van der Waals surface area (Å²) in [5, 5.41) is 0. The molecular weight excluding hydrogens is 365 g/mol. The van der Waals surface area contributed by atoms with Gasteiger partial charge < -0.3 is 0 Å². The molecule has 14 heavy (non-hydrogen) atoms. The Morgan fingerprint density at radius 2 is 1.57 bits per heavy atom. The van der Waals surface area contributed by atoms with Gasteiger partial charge in [0.1, 0.15) is 0 Å². The van der Waals surface area contributed by atoms with Crippen LogP contribution >= 0.6 is 0 Å². The molecule has 0 aliphatic carbocycles. The third-order valence-electron chi connectivity index (χ3n) is 2.70. The number of benzene rings is 1. The fourth-order valence-corrected chi connectivity index (χ4v) is 2.16. The van der Waals surface area contributed by atoms with E-state index in [-0.39, 0.29) is 32.5 Å². The van der Waals surface area contributed by atoms with Crippen molar-refractivity contribution in [3.63, 3.8) is 0 Å². The molecule has 0 spiro atoms. The summed E-state index contributed by atoms with van der Waals surface area (Å²) in [4.78, 5) is 11.6. The second-order valence-electron chi connectivity index (χ2n) is 3.57. The molecule has 3 heteroatoms. The number of carbonyl (C=O) groups excluding carboxylic acids is 1. The molecule has 0 fully saturated rings. The predicted octanol–water partition coefficient (Wildman–Crippen LogP) is 2.54. The quantitative estimate of drug-likeness (QED) is 0.703. The Labute approximate surface area is 101 Å². The molecule has 0 unspecified atom stereocenters. The van der Waals surface area contributed by atoms with E-state index in [1.165, 1.54) is 0 Å². The first-order valence-electron chi connectivity index (χ1n) is 4.52. The molecule has 0 aromatic heterocycles. The zero-order valence-electron chi connectivity index (χ0n) is 9.10. The van der Waals surface area contributed by atoms with Crippen LogP contribution in [0.5, 0.6) is 0 Å². The van der Waals surface area contributed by atoms with Crippen molar-refractivity contribution in [1.82, 2.24) is 0 Å². The molecule has 0 atom stereocenters. The van der Waals surface area contributed by atoms with Crippen molar-refractivity contribution < 1.29 is 34.0 Å². The first-order chi connectivity index (χ1) is 6.49. The van der Waals surface area contributed by atoms with Gasteiger partial charge >= 0.3 is 102 Å². The molecule has 1 aromatic carbocycles. The van der Waals surface area contributed by atoms with Crippen molar-refractivity contribution in [2.24, 2.45) is 0 Å². The SMILES string of the molecule is Cc1cc(C)c(C)c(C(=O)[O][Hg])c1C. The maximum absolute atomic E-state index is 11.6. The van der Waals surface area contributed by atoms with Gasteiger partial charge in [-0.25, -0.2) is 0 Å². The van der Waals surface area contributed by atoms with E-state index in [2.05, 4.69) is 6.07 Å². The van der Waals surface area contributed by atoms with Crippen molar-refractivity contribution in [3.05, 3.63) is 33.9 Å². The topological polar surface area (TPSA) is 26.3 Å². The van der Waals surface area contributed by atoms with Crippen LogP contribution in [0.1, 0.15) is 32.6 Å². The van der Waals surface area contributed by atoms with Gasteiger partial charge in [0.15, 0.2) is 0 Å². The van der Waals surface area contributed by atoms with Crippen molar-refractivity contribution >= 4 is 5.97 Å². The van der Waals surface area contributed by atoms with E-state index < -0.39 is 0 Å². The molecule has 0 saturated heterocycles. The fraction of sp³-hybridized carbons (Fsp3) is 0.364. The summed E-state index contributed by atoms with van der Waals surface area (Å²) in [6.07, 6.45) is 0. The van der Waals surface area contributed by atoms with Gasteiger partial charge in [0.05, 0.1) is 0 Å². The van der Waals surface area contributed by atoms with Gasteiger partial charge in [-0.2, -0.15) is 0 Å². The standard InChI is InChI=1S/C11H14O2.Hg/c1-6-5-7(2)9(4)10(8(6)3)11(12)13;/h5H,1-4H3,(H,12,13);/q;+1/p-1. The second kappa shape index (κ2) is 4.43. The first kappa shape index (κ1) is 11.7.